The zero-order valence-electron chi connectivity index (χ0n) is 13.8. The van der Waals surface area contributed by atoms with E-state index in [0.717, 1.165) is 25.1 Å². The van der Waals surface area contributed by atoms with Crippen LogP contribution in [0.2, 0.25) is 0 Å². The number of rotatable bonds is 7. The van der Waals surface area contributed by atoms with Gasteiger partial charge in [0.1, 0.15) is 0 Å². The first-order chi connectivity index (χ1) is 9.65. The van der Waals surface area contributed by atoms with E-state index in [2.05, 4.69) is 24.1 Å². The standard InChI is InChI=1S/C17H34N2O/c1-15-6-4-8-17(12-15,13-18-9-11-20-3)14-19-10-5-7-16(19)2/h15-16,18H,4-14H2,1-3H3. The van der Waals surface area contributed by atoms with Gasteiger partial charge in [0, 0.05) is 32.8 Å². The van der Waals surface area contributed by atoms with Gasteiger partial charge < -0.3 is 15.0 Å². The number of hydrogen-bond acceptors (Lipinski definition) is 3. The molecule has 0 aromatic rings. The van der Waals surface area contributed by atoms with E-state index in [-0.39, 0.29) is 0 Å². The average Bonchev–Trinajstić information content (AvgIpc) is 2.80. The molecule has 3 heteroatoms. The molecule has 0 bridgehead atoms. The molecule has 3 nitrogen and oxygen atoms in total. The lowest BCUT2D eigenvalue weighted by Gasteiger charge is -2.44. The van der Waals surface area contributed by atoms with E-state index >= 15 is 0 Å². The lowest BCUT2D eigenvalue weighted by atomic mass is 9.69. The molecular weight excluding hydrogens is 248 g/mol. The molecule has 3 unspecified atom stereocenters. The molecule has 0 spiro atoms. The summed E-state index contributed by atoms with van der Waals surface area (Å²) in [5.74, 6) is 0.894. The van der Waals surface area contributed by atoms with Gasteiger partial charge in [0.25, 0.3) is 0 Å². The van der Waals surface area contributed by atoms with Crippen molar-refractivity contribution in [3.8, 4) is 0 Å². The average molecular weight is 282 g/mol. The van der Waals surface area contributed by atoms with Crippen molar-refractivity contribution in [2.45, 2.75) is 58.4 Å². The quantitative estimate of drug-likeness (QED) is 0.727. The van der Waals surface area contributed by atoms with Crippen LogP contribution in [0, 0.1) is 11.3 Å². The first-order valence-corrected chi connectivity index (χ1v) is 8.59. The molecule has 1 saturated carbocycles. The van der Waals surface area contributed by atoms with Gasteiger partial charge in [0.2, 0.25) is 0 Å². The van der Waals surface area contributed by atoms with Gasteiger partial charge in [-0.05, 0) is 50.5 Å². The van der Waals surface area contributed by atoms with E-state index in [1.54, 1.807) is 7.11 Å². The predicted molar refractivity (Wildman–Crippen MR) is 85.1 cm³/mol. The second-order valence-corrected chi connectivity index (χ2v) is 7.33. The molecule has 2 rings (SSSR count). The van der Waals surface area contributed by atoms with Crippen LogP contribution in [0.15, 0.2) is 0 Å². The first kappa shape index (κ1) is 16.3. The molecule has 0 aromatic carbocycles. The van der Waals surface area contributed by atoms with Gasteiger partial charge in [0.05, 0.1) is 6.61 Å². The summed E-state index contributed by atoms with van der Waals surface area (Å²) in [6.45, 7) is 10.5. The fourth-order valence-electron chi connectivity index (χ4n) is 4.32. The van der Waals surface area contributed by atoms with Gasteiger partial charge in [-0.15, -0.1) is 0 Å². The zero-order valence-corrected chi connectivity index (χ0v) is 13.8. The van der Waals surface area contributed by atoms with Crippen LogP contribution >= 0.6 is 0 Å². The number of methoxy groups -OCH3 is 1. The van der Waals surface area contributed by atoms with E-state index in [9.17, 15) is 0 Å². The number of nitrogens with zero attached hydrogens (tertiary/aromatic N) is 1. The molecule has 1 heterocycles. The highest BCUT2D eigenvalue weighted by molar-refractivity contribution is 4.92. The molecule has 0 aromatic heterocycles. The van der Waals surface area contributed by atoms with E-state index in [0.29, 0.717) is 5.41 Å². The van der Waals surface area contributed by atoms with E-state index in [1.165, 1.54) is 58.2 Å². The molecule has 20 heavy (non-hydrogen) atoms. The Morgan fingerprint density at radius 1 is 1.25 bits per heavy atom. The van der Waals surface area contributed by atoms with Gasteiger partial charge in [-0.3, -0.25) is 0 Å². The summed E-state index contributed by atoms with van der Waals surface area (Å²) in [4.78, 5) is 2.75. The molecule has 1 N–H and O–H groups in total. The fraction of sp³-hybridized carbons (Fsp3) is 1.00. The van der Waals surface area contributed by atoms with Gasteiger partial charge in [-0.1, -0.05) is 19.8 Å². The summed E-state index contributed by atoms with van der Waals surface area (Å²) in [5, 5.41) is 3.65. The number of hydrogen-bond donors (Lipinski definition) is 1. The Morgan fingerprint density at radius 2 is 2.10 bits per heavy atom. The fourth-order valence-corrected chi connectivity index (χ4v) is 4.32. The van der Waals surface area contributed by atoms with Crippen LogP contribution in [0.25, 0.3) is 0 Å². The highest BCUT2D eigenvalue weighted by Gasteiger charge is 2.37. The summed E-state index contributed by atoms with van der Waals surface area (Å²) in [7, 11) is 1.78. The van der Waals surface area contributed by atoms with E-state index < -0.39 is 0 Å². The third-order valence-electron chi connectivity index (χ3n) is 5.40. The summed E-state index contributed by atoms with van der Waals surface area (Å²) in [6.07, 6.45) is 8.42. The molecule has 3 atom stereocenters. The Kier molecular flexibility index (Phi) is 6.31. The van der Waals surface area contributed by atoms with Crippen LogP contribution in [-0.2, 0) is 4.74 Å². The predicted octanol–water partition coefficient (Wildman–Crippen LogP) is 2.90. The van der Waals surface area contributed by atoms with E-state index in [4.69, 9.17) is 4.74 Å². The third-order valence-corrected chi connectivity index (χ3v) is 5.40. The number of nitrogens with one attached hydrogen (secondary N) is 1. The molecule has 2 aliphatic rings. The molecule has 0 radical (unpaired) electrons. The SMILES string of the molecule is COCCNCC1(CN2CCCC2C)CCCC(C)C1. The molecule has 1 aliphatic carbocycles. The first-order valence-electron chi connectivity index (χ1n) is 8.59. The maximum atomic E-state index is 5.16. The van der Waals surface area contributed by atoms with Crippen LogP contribution < -0.4 is 5.32 Å². The maximum absolute atomic E-state index is 5.16. The molecule has 0 amide bonds. The monoisotopic (exact) mass is 282 g/mol. The van der Waals surface area contributed by atoms with Crippen LogP contribution in [0.1, 0.15) is 52.4 Å². The van der Waals surface area contributed by atoms with Gasteiger partial charge in [-0.25, -0.2) is 0 Å². The Labute approximate surface area is 125 Å². The summed E-state index contributed by atoms with van der Waals surface area (Å²) >= 11 is 0. The van der Waals surface area contributed by atoms with Crippen LogP contribution in [0.3, 0.4) is 0 Å². The van der Waals surface area contributed by atoms with Crippen molar-refractivity contribution in [3.05, 3.63) is 0 Å². The lowest BCUT2D eigenvalue weighted by Crippen LogP contribution is -2.48. The Bertz CT molecular complexity index is 284. The molecular formula is C17H34N2O. The molecule has 1 aliphatic heterocycles. The third kappa shape index (κ3) is 4.44. The van der Waals surface area contributed by atoms with Crippen molar-refractivity contribution < 1.29 is 4.74 Å². The second kappa shape index (κ2) is 7.77. The van der Waals surface area contributed by atoms with Crippen molar-refractivity contribution in [1.29, 1.82) is 0 Å². The van der Waals surface area contributed by atoms with Crippen molar-refractivity contribution >= 4 is 0 Å². The van der Waals surface area contributed by atoms with Gasteiger partial charge in [0.15, 0.2) is 0 Å². The highest BCUT2D eigenvalue weighted by atomic mass is 16.5. The van der Waals surface area contributed by atoms with Crippen molar-refractivity contribution in [3.63, 3.8) is 0 Å². The Balaban J connectivity index is 1.91. The smallest absolute Gasteiger partial charge is 0.0587 e. The lowest BCUT2D eigenvalue weighted by molar-refractivity contribution is 0.0748. The summed E-state index contributed by atoms with van der Waals surface area (Å²) in [5.41, 5.74) is 0.504. The topological polar surface area (TPSA) is 24.5 Å². The molecule has 118 valence electrons. The normalized spacial score (nSPS) is 35.5. The Morgan fingerprint density at radius 3 is 2.75 bits per heavy atom. The molecule has 1 saturated heterocycles. The number of likely N-dealkylation sites (tertiary alicyclic amines) is 1. The Hall–Kier alpha value is -0.120. The minimum Gasteiger partial charge on any atom is -0.383 e. The van der Waals surface area contributed by atoms with Gasteiger partial charge in [-0.2, -0.15) is 0 Å². The van der Waals surface area contributed by atoms with Crippen molar-refractivity contribution in [2.75, 3.05) is 39.9 Å². The van der Waals surface area contributed by atoms with Crippen LogP contribution in [0.5, 0.6) is 0 Å². The zero-order chi connectivity index (χ0) is 14.4. The minimum atomic E-state index is 0.504. The largest absolute Gasteiger partial charge is 0.383 e. The minimum absolute atomic E-state index is 0.504. The number of ether oxygens (including phenoxy) is 1. The van der Waals surface area contributed by atoms with Gasteiger partial charge >= 0.3 is 0 Å². The van der Waals surface area contributed by atoms with Crippen LogP contribution in [-0.4, -0.2) is 50.8 Å². The molecule has 2 fully saturated rings. The van der Waals surface area contributed by atoms with Crippen molar-refractivity contribution in [1.82, 2.24) is 10.2 Å². The highest BCUT2D eigenvalue weighted by Crippen LogP contribution is 2.40. The maximum Gasteiger partial charge on any atom is 0.0587 e. The van der Waals surface area contributed by atoms with Crippen LogP contribution in [0.4, 0.5) is 0 Å². The van der Waals surface area contributed by atoms with E-state index in [1.807, 2.05) is 0 Å². The second-order valence-electron chi connectivity index (χ2n) is 7.33. The summed E-state index contributed by atoms with van der Waals surface area (Å²) < 4.78 is 5.16. The summed E-state index contributed by atoms with van der Waals surface area (Å²) in [6, 6.07) is 0.795. The van der Waals surface area contributed by atoms with Crippen molar-refractivity contribution in [2.24, 2.45) is 11.3 Å².